The third-order valence-corrected chi connectivity index (χ3v) is 6.31. The molecule has 1 atom stereocenters. The predicted molar refractivity (Wildman–Crippen MR) is 132 cm³/mol. The van der Waals surface area contributed by atoms with E-state index in [0.29, 0.717) is 23.8 Å². The highest BCUT2D eigenvalue weighted by atomic mass is 16.5. The van der Waals surface area contributed by atoms with Gasteiger partial charge in [0.05, 0.1) is 30.0 Å². The minimum Gasteiger partial charge on any atom is -0.488 e. The standard InChI is InChI=1S/C27H30N4O3/c1-17(2)29-27(32)30-20-7-5-19(6-8-20)26-24(14-28)23-10-9-21(34-22-11-12-33-16-22)13-25(23)31(26)15-18-3-4-18/h5-10,13,17-18,22H,3-4,11-12,15-16H2,1-2H3,(H2,29,30,32). The molecule has 176 valence electrons. The number of benzene rings is 2. The molecule has 0 radical (unpaired) electrons. The number of aromatic nitrogens is 1. The van der Waals surface area contributed by atoms with Crippen LogP contribution in [0, 0.1) is 17.2 Å². The average molecular weight is 459 g/mol. The van der Waals surface area contributed by atoms with Gasteiger partial charge in [0.2, 0.25) is 0 Å². The second kappa shape index (κ2) is 9.40. The van der Waals surface area contributed by atoms with E-state index in [2.05, 4.69) is 27.3 Å². The van der Waals surface area contributed by atoms with E-state index >= 15 is 0 Å². The molecule has 1 aliphatic heterocycles. The lowest BCUT2D eigenvalue weighted by Gasteiger charge is -2.14. The van der Waals surface area contributed by atoms with Gasteiger partial charge in [0, 0.05) is 36.1 Å². The Balaban J connectivity index is 1.51. The van der Waals surface area contributed by atoms with E-state index in [1.165, 1.54) is 12.8 Å². The summed E-state index contributed by atoms with van der Waals surface area (Å²) in [5.74, 6) is 1.44. The molecule has 7 nitrogen and oxygen atoms in total. The van der Waals surface area contributed by atoms with Crippen molar-refractivity contribution in [1.82, 2.24) is 9.88 Å². The number of hydrogen-bond donors (Lipinski definition) is 2. The summed E-state index contributed by atoms with van der Waals surface area (Å²) in [7, 11) is 0. The first-order chi connectivity index (χ1) is 16.5. The summed E-state index contributed by atoms with van der Waals surface area (Å²) >= 11 is 0. The van der Waals surface area contributed by atoms with Crippen LogP contribution < -0.4 is 15.4 Å². The van der Waals surface area contributed by atoms with Crippen molar-refractivity contribution in [3.05, 3.63) is 48.0 Å². The summed E-state index contributed by atoms with van der Waals surface area (Å²) in [5.41, 5.74) is 4.27. The van der Waals surface area contributed by atoms with Gasteiger partial charge in [-0.15, -0.1) is 0 Å². The first-order valence-corrected chi connectivity index (χ1v) is 12.0. The number of carbonyl (C=O) groups excluding carboxylic acids is 1. The Morgan fingerprint density at radius 3 is 2.65 bits per heavy atom. The van der Waals surface area contributed by atoms with E-state index < -0.39 is 0 Å². The molecule has 0 spiro atoms. The number of anilines is 1. The molecule has 3 aromatic rings. The molecule has 2 heterocycles. The summed E-state index contributed by atoms with van der Waals surface area (Å²) in [6.07, 6.45) is 3.40. The predicted octanol–water partition coefficient (Wildman–Crippen LogP) is 5.29. The van der Waals surface area contributed by atoms with Gasteiger partial charge >= 0.3 is 6.03 Å². The number of carbonyl (C=O) groups is 1. The zero-order valence-corrected chi connectivity index (χ0v) is 19.6. The minimum atomic E-state index is -0.233. The van der Waals surface area contributed by atoms with Gasteiger partial charge in [-0.3, -0.25) is 0 Å². The fraction of sp³-hybridized carbons (Fsp3) is 0.407. The van der Waals surface area contributed by atoms with E-state index in [1.807, 2.05) is 50.2 Å². The lowest BCUT2D eigenvalue weighted by atomic mass is 10.1. The van der Waals surface area contributed by atoms with E-state index in [9.17, 15) is 10.1 Å². The maximum atomic E-state index is 12.0. The Labute approximate surface area is 199 Å². The molecular weight excluding hydrogens is 428 g/mol. The van der Waals surface area contributed by atoms with Crippen molar-refractivity contribution >= 4 is 22.6 Å². The van der Waals surface area contributed by atoms with Gasteiger partial charge < -0.3 is 24.7 Å². The van der Waals surface area contributed by atoms with Gasteiger partial charge in [-0.25, -0.2) is 4.79 Å². The van der Waals surface area contributed by atoms with Crippen molar-refractivity contribution < 1.29 is 14.3 Å². The molecular formula is C27H30N4O3. The molecule has 1 unspecified atom stereocenters. The second-order valence-corrected chi connectivity index (χ2v) is 9.50. The molecule has 1 aliphatic carbocycles. The minimum absolute atomic E-state index is 0.0608. The van der Waals surface area contributed by atoms with E-state index in [1.54, 1.807) is 0 Å². The van der Waals surface area contributed by atoms with E-state index in [4.69, 9.17) is 9.47 Å². The lowest BCUT2D eigenvalue weighted by molar-refractivity contribution is 0.141. The van der Waals surface area contributed by atoms with Crippen LogP contribution in [0.4, 0.5) is 10.5 Å². The van der Waals surface area contributed by atoms with Crippen LogP contribution >= 0.6 is 0 Å². The Morgan fingerprint density at radius 1 is 1.21 bits per heavy atom. The molecule has 0 bridgehead atoms. The molecule has 2 aliphatic rings. The average Bonchev–Trinajstić information content (AvgIpc) is 3.38. The number of urea groups is 1. The molecule has 2 aromatic carbocycles. The lowest BCUT2D eigenvalue weighted by Crippen LogP contribution is -2.34. The van der Waals surface area contributed by atoms with Crippen molar-refractivity contribution in [1.29, 1.82) is 5.26 Å². The number of nitrogens with one attached hydrogen (secondary N) is 2. The van der Waals surface area contributed by atoms with Crippen LogP contribution in [0.25, 0.3) is 22.2 Å². The number of hydrogen-bond acceptors (Lipinski definition) is 4. The molecule has 2 N–H and O–H groups in total. The number of ether oxygens (including phenoxy) is 2. The van der Waals surface area contributed by atoms with Crippen molar-refractivity contribution in [2.24, 2.45) is 5.92 Å². The SMILES string of the molecule is CC(C)NC(=O)Nc1ccc(-c2c(C#N)c3ccc(OC4CCOC4)cc3n2CC2CC2)cc1. The number of fused-ring (bicyclic) bond motifs is 1. The summed E-state index contributed by atoms with van der Waals surface area (Å²) in [4.78, 5) is 12.0. The molecule has 1 saturated carbocycles. The zero-order chi connectivity index (χ0) is 23.7. The molecule has 2 amide bonds. The molecule has 2 fully saturated rings. The Hall–Kier alpha value is -3.50. The normalized spacial score (nSPS) is 17.6. The Kier molecular flexibility index (Phi) is 6.16. The van der Waals surface area contributed by atoms with E-state index in [-0.39, 0.29) is 18.2 Å². The van der Waals surface area contributed by atoms with Crippen molar-refractivity contribution in [3.8, 4) is 23.1 Å². The fourth-order valence-corrected chi connectivity index (χ4v) is 4.50. The molecule has 7 heteroatoms. The van der Waals surface area contributed by atoms with Crippen molar-refractivity contribution in [2.45, 2.75) is 51.8 Å². The Morgan fingerprint density at radius 2 is 2.00 bits per heavy atom. The van der Waals surface area contributed by atoms with Crippen LogP contribution in [0.15, 0.2) is 42.5 Å². The van der Waals surface area contributed by atoms with Crippen molar-refractivity contribution in [2.75, 3.05) is 18.5 Å². The van der Waals surface area contributed by atoms with Crippen LogP contribution in [0.5, 0.6) is 5.75 Å². The number of amides is 2. The first-order valence-electron chi connectivity index (χ1n) is 12.0. The van der Waals surface area contributed by atoms with Gasteiger partial charge in [0.15, 0.2) is 0 Å². The number of rotatable bonds is 7. The second-order valence-electron chi connectivity index (χ2n) is 9.50. The van der Waals surface area contributed by atoms with Gasteiger partial charge in [0.1, 0.15) is 17.9 Å². The summed E-state index contributed by atoms with van der Waals surface area (Å²) < 4.78 is 13.9. The fourth-order valence-electron chi connectivity index (χ4n) is 4.50. The highest BCUT2D eigenvalue weighted by Crippen LogP contribution is 2.40. The highest BCUT2D eigenvalue weighted by Gasteiger charge is 2.27. The Bertz CT molecular complexity index is 1230. The smallest absolute Gasteiger partial charge is 0.319 e. The van der Waals surface area contributed by atoms with Gasteiger partial charge in [-0.1, -0.05) is 12.1 Å². The molecule has 5 rings (SSSR count). The third kappa shape index (κ3) is 4.73. The quantitative estimate of drug-likeness (QED) is 0.504. The van der Waals surface area contributed by atoms with Crippen LogP contribution in [0.3, 0.4) is 0 Å². The van der Waals surface area contributed by atoms with Gasteiger partial charge in [-0.05, 0) is 62.4 Å². The van der Waals surface area contributed by atoms with Gasteiger partial charge in [0.25, 0.3) is 0 Å². The maximum Gasteiger partial charge on any atom is 0.319 e. The monoisotopic (exact) mass is 458 g/mol. The summed E-state index contributed by atoms with van der Waals surface area (Å²) in [6.45, 7) is 6.06. The number of nitriles is 1. The largest absolute Gasteiger partial charge is 0.488 e. The zero-order valence-electron chi connectivity index (χ0n) is 19.6. The topological polar surface area (TPSA) is 88.3 Å². The first kappa shape index (κ1) is 22.3. The number of nitrogens with zero attached hydrogens (tertiary/aromatic N) is 2. The van der Waals surface area contributed by atoms with Crippen LogP contribution in [0.2, 0.25) is 0 Å². The van der Waals surface area contributed by atoms with E-state index in [0.717, 1.165) is 47.5 Å². The van der Waals surface area contributed by atoms with Crippen molar-refractivity contribution in [3.63, 3.8) is 0 Å². The summed E-state index contributed by atoms with van der Waals surface area (Å²) in [5, 5.41) is 16.7. The highest BCUT2D eigenvalue weighted by molar-refractivity contribution is 5.96. The third-order valence-electron chi connectivity index (χ3n) is 6.31. The van der Waals surface area contributed by atoms with Crippen LogP contribution in [0.1, 0.15) is 38.7 Å². The van der Waals surface area contributed by atoms with Crippen LogP contribution in [-0.4, -0.2) is 36.0 Å². The molecule has 1 aromatic heterocycles. The van der Waals surface area contributed by atoms with Crippen LogP contribution in [-0.2, 0) is 11.3 Å². The summed E-state index contributed by atoms with van der Waals surface area (Å²) in [6, 6.07) is 16.0. The maximum absolute atomic E-state index is 12.0. The molecule has 1 saturated heterocycles. The molecule has 34 heavy (non-hydrogen) atoms. The van der Waals surface area contributed by atoms with Gasteiger partial charge in [-0.2, -0.15) is 5.26 Å².